The fourth-order valence-corrected chi connectivity index (χ4v) is 4.11. The summed E-state index contributed by atoms with van der Waals surface area (Å²) in [6.45, 7) is 13.9. The van der Waals surface area contributed by atoms with Crippen LogP contribution < -0.4 is 4.90 Å². The molecule has 3 heteroatoms. The number of nitrogens with zero attached hydrogens (tertiary/aromatic N) is 2. The summed E-state index contributed by atoms with van der Waals surface area (Å²) in [5, 5.41) is 0. The van der Waals surface area contributed by atoms with Gasteiger partial charge in [-0.1, -0.05) is 53.7 Å². The quantitative estimate of drug-likeness (QED) is 0.478. The Balaban J connectivity index is 1.71. The van der Waals surface area contributed by atoms with E-state index in [2.05, 4.69) is 82.9 Å². The first-order chi connectivity index (χ1) is 14.5. The van der Waals surface area contributed by atoms with Gasteiger partial charge in [-0.25, -0.2) is 0 Å². The molecular formula is C28H32N2O. The summed E-state index contributed by atoms with van der Waals surface area (Å²) < 4.78 is 0. The molecule has 0 N–H and O–H groups in total. The van der Waals surface area contributed by atoms with Crippen LogP contribution in [0.15, 0.2) is 60.9 Å². The van der Waals surface area contributed by atoms with Crippen LogP contribution in [0.4, 0.5) is 5.69 Å². The van der Waals surface area contributed by atoms with Gasteiger partial charge in [-0.3, -0.25) is 9.78 Å². The standard InChI is InChI=1S/C28H32N2O/c1-27(2,3)23-16-22(17-24(18-23)28(4,5)6)26(31)30-14-11-21-15-20(7-8-25(21)30)19-9-12-29-13-10-19/h7-10,12-13,15-18H,11,14H2,1-6H3. The molecule has 3 nitrogen and oxygen atoms in total. The molecule has 0 atom stereocenters. The van der Waals surface area contributed by atoms with Crippen LogP contribution in [0.3, 0.4) is 0 Å². The summed E-state index contributed by atoms with van der Waals surface area (Å²) in [6.07, 6.45) is 4.51. The van der Waals surface area contributed by atoms with Crippen LogP contribution in [0.25, 0.3) is 11.1 Å². The molecule has 4 rings (SSSR count). The van der Waals surface area contributed by atoms with Gasteiger partial charge >= 0.3 is 0 Å². The topological polar surface area (TPSA) is 33.2 Å². The van der Waals surface area contributed by atoms with Gasteiger partial charge in [-0.15, -0.1) is 0 Å². The van der Waals surface area contributed by atoms with E-state index in [4.69, 9.17) is 0 Å². The Kier molecular flexibility index (Phi) is 5.25. The summed E-state index contributed by atoms with van der Waals surface area (Å²) in [5.74, 6) is 0.0898. The van der Waals surface area contributed by atoms with E-state index in [1.165, 1.54) is 22.3 Å². The normalized spacial score (nSPS) is 13.9. The third-order valence-corrected chi connectivity index (χ3v) is 6.15. The lowest BCUT2D eigenvalue weighted by molar-refractivity contribution is 0.0989. The van der Waals surface area contributed by atoms with E-state index in [-0.39, 0.29) is 16.7 Å². The molecule has 160 valence electrons. The van der Waals surface area contributed by atoms with Gasteiger partial charge in [0.15, 0.2) is 0 Å². The lowest BCUT2D eigenvalue weighted by Gasteiger charge is -2.27. The van der Waals surface area contributed by atoms with Gasteiger partial charge in [-0.2, -0.15) is 0 Å². The number of carbonyl (C=O) groups is 1. The highest BCUT2D eigenvalue weighted by atomic mass is 16.2. The van der Waals surface area contributed by atoms with Crippen molar-refractivity contribution in [2.24, 2.45) is 0 Å². The Morgan fingerprint density at radius 1 is 0.806 bits per heavy atom. The van der Waals surface area contributed by atoms with Crippen LogP contribution in [0.5, 0.6) is 0 Å². The largest absolute Gasteiger partial charge is 0.308 e. The first kappa shape index (κ1) is 21.3. The number of carbonyl (C=O) groups excluding carboxylic acids is 1. The zero-order valence-corrected chi connectivity index (χ0v) is 19.5. The number of hydrogen-bond donors (Lipinski definition) is 0. The number of amides is 1. The maximum Gasteiger partial charge on any atom is 0.258 e. The molecule has 0 radical (unpaired) electrons. The molecule has 0 bridgehead atoms. The second kappa shape index (κ2) is 7.64. The molecule has 0 unspecified atom stereocenters. The highest BCUT2D eigenvalue weighted by Crippen LogP contribution is 2.35. The summed E-state index contributed by atoms with van der Waals surface area (Å²) in [6, 6.07) is 16.9. The maximum atomic E-state index is 13.6. The average Bonchev–Trinajstić information content (AvgIpc) is 3.15. The third-order valence-electron chi connectivity index (χ3n) is 6.15. The Morgan fingerprint density at radius 2 is 1.42 bits per heavy atom. The molecule has 1 aliphatic heterocycles. The van der Waals surface area contributed by atoms with Crippen LogP contribution in [0.1, 0.15) is 68.6 Å². The lowest BCUT2D eigenvalue weighted by atomic mass is 9.79. The van der Waals surface area contributed by atoms with Gasteiger partial charge < -0.3 is 4.90 Å². The Labute approximate surface area is 186 Å². The van der Waals surface area contributed by atoms with Crippen LogP contribution in [0.2, 0.25) is 0 Å². The summed E-state index contributed by atoms with van der Waals surface area (Å²) in [5.41, 5.74) is 7.73. The number of fused-ring (bicyclic) bond motifs is 1. The van der Waals surface area contributed by atoms with E-state index in [1.807, 2.05) is 29.4 Å². The summed E-state index contributed by atoms with van der Waals surface area (Å²) >= 11 is 0. The minimum Gasteiger partial charge on any atom is -0.308 e. The molecule has 0 saturated heterocycles. The van der Waals surface area contributed by atoms with Crippen LogP contribution in [-0.4, -0.2) is 17.4 Å². The molecule has 2 aromatic carbocycles. The van der Waals surface area contributed by atoms with Crippen molar-refractivity contribution in [2.75, 3.05) is 11.4 Å². The average molecular weight is 413 g/mol. The number of anilines is 1. The molecule has 0 fully saturated rings. The van der Waals surface area contributed by atoms with Crippen LogP contribution in [0, 0.1) is 0 Å². The minimum absolute atomic E-state index is 0.0152. The van der Waals surface area contributed by atoms with Gasteiger partial charge in [-0.05, 0) is 81.5 Å². The van der Waals surface area contributed by atoms with Gasteiger partial charge in [0.25, 0.3) is 5.91 Å². The molecule has 2 heterocycles. The van der Waals surface area contributed by atoms with E-state index in [0.717, 1.165) is 29.8 Å². The van der Waals surface area contributed by atoms with Gasteiger partial charge in [0, 0.05) is 30.2 Å². The number of aromatic nitrogens is 1. The van der Waals surface area contributed by atoms with Crippen molar-refractivity contribution in [3.05, 3.63) is 83.2 Å². The van der Waals surface area contributed by atoms with E-state index in [0.29, 0.717) is 0 Å². The first-order valence-electron chi connectivity index (χ1n) is 11.1. The number of hydrogen-bond acceptors (Lipinski definition) is 2. The van der Waals surface area contributed by atoms with E-state index < -0.39 is 0 Å². The fourth-order valence-electron chi connectivity index (χ4n) is 4.11. The zero-order valence-electron chi connectivity index (χ0n) is 19.5. The van der Waals surface area contributed by atoms with Crippen molar-refractivity contribution in [1.29, 1.82) is 0 Å². The fraction of sp³-hybridized carbons (Fsp3) is 0.357. The highest BCUT2D eigenvalue weighted by molar-refractivity contribution is 6.07. The molecule has 3 aromatic rings. The molecule has 0 saturated carbocycles. The van der Waals surface area contributed by atoms with Crippen molar-refractivity contribution in [3.63, 3.8) is 0 Å². The van der Waals surface area contributed by atoms with E-state index in [1.54, 1.807) is 0 Å². The SMILES string of the molecule is CC(C)(C)c1cc(C(=O)N2CCc3cc(-c4ccncc4)ccc32)cc(C(C)(C)C)c1. The Morgan fingerprint density at radius 3 is 2.00 bits per heavy atom. The van der Waals surface area contributed by atoms with Crippen molar-refractivity contribution in [3.8, 4) is 11.1 Å². The molecule has 31 heavy (non-hydrogen) atoms. The predicted octanol–water partition coefficient (Wildman–Crippen LogP) is 6.55. The van der Waals surface area contributed by atoms with Crippen molar-refractivity contribution >= 4 is 11.6 Å². The molecule has 0 aliphatic carbocycles. The number of pyridine rings is 1. The lowest BCUT2D eigenvalue weighted by Crippen LogP contribution is -2.30. The predicted molar refractivity (Wildman–Crippen MR) is 129 cm³/mol. The molecule has 1 aliphatic rings. The smallest absolute Gasteiger partial charge is 0.258 e. The zero-order chi connectivity index (χ0) is 22.4. The van der Waals surface area contributed by atoms with Gasteiger partial charge in [0.1, 0.15) is 0 Å². The number of benzene rings is 2. The van der Waals surface area contributed by atoms with Crippen molar-refractivity contribution in [1.82, 2.24) is 4.98 Å². The van der Waals surface area contributed by atoms with Crippen LogP contribution in [-0.2, 0) is 17.3 Å². The maximum absolute atomic E-state index is 13.6. The minimum atomic E-state index is -0.0152. The summed E-state index contributed by atoms with van der Waals surface area (Å²) in [7, 11) is 0. The molecular weight excluding hydrogens is 380 g/mol. The van der Waals surface area contributed by atoms with Gasteiger partial charge in [0.05, 0.1) is 0 Å². The molecule has 1 aromatic heterocycles. The molecule has 0 spiro atoms. The number of rotatable bonds is 2. The van der Waals surface area contributed by atoms with E-state index >= 15 is 0 Å². The second-order valence-corrected chi connectivity index (χ2v) is 10.6. The van der Waals surface area contributed by atoms with E-state index in [9.17, 15) is 4.79 Å². The third kappa shape index (κ3) is 4.27. The van der Waals surface area contributed by atoms with Crippen molar-refractivity contribution in [2.45, 2.75) is 58.8 Å². The van der Waals surface area contributed by atoms with Gasteiger partial charge in [0.2, 0.25) is 0 Å². The van der Waals surface area contributed by atoms with Crippen LogP contribution >= 0.6 is 0 Å². The summed E-state index contributed by atoms with van der Waals surface area (Å²) in [4.78, 5) is 19.7. The monoisotopic (exact) mass is 412 g/mol. The Hall–Kier alpha value is -2.94. The highest BCUT2D eigenvalue weighted by Gasteiger charge is 2.28. The van der Waals surface area contributed by atoms with Crippen molar-refractivity contribution < 1.29 is 4.79 Å². The first-order valence-corrected chi connectivity index (χ1v) is 11.1. The molecule has 1 amide bonds. The second-order valence-electron chi connectivity index (χ2n) is 10.6. The Bertz CT molecular complexity index is 1090.